The number of methoxy groups -OCH3 is 1. The molecule has 1 aromatic rings. The van der Waals surface area contributed by atoms with Crippen LogP contribution in [0.5, 0.6) is 11.5 Å². The first-order valence-corrected chi connectivity index (χ1v) is 12.7. The number of ketones is 2. The molecular formula is C22H34O4Si. The predicted octanol–water partition coefficient (Wildman–Crippen LogP) is 5.34. The van der Waals surface area contributed by atoms with Gasteiger partial charge in [-0.15, -0.1) is 0 Å². The van der Waals surface area contributed by atoms with Gasteiger partial charge >= 0.3 is 0 Å². The van der Waals surface area contributed by atoms with Crippen LogP contribution < -0.4 is 9.16 Å². The molecule has 1 aliphatic rings. The van der Waals surface area contributed by atoms with Crippen molar-refractivity contribution in [1.82, 2.24) is 0 Å². The summed E-state index contributed by atoms with van der Waals surface area (Å²) in [7, 11) is -0.313. The average Bonchev–Trinajstić information content (AvgIpc) is 3.31. The highest BCUT2D eigenvalue weighted by molar-refractivity contribution is 6.74. The summed E-state index contributed by atoms with van der Waals surface area (Å²) < 4.78 is 11.9. The zero-order valence-electron chi connectivity index (χ0n) is 17.9. The highest BCUT2D eigenvalue weighted by Crippen LogP contribution is 2.46. The first kappa shape index (κ1) is 21.7. The molecule has 0 heterocycles. The van der Waals surface area contributed by atoms with Gasteiger partial charge in [0.15, 0.2) is 5.75 Å². The molecule has 27 heavy (non-hydrogen) atoms. The van der Waals surface area contributed by atoms with Gasteiger partial charge in [0.05, 0.1) is 13.5 Å². The van der Waals surface area contributed by atoms with E-state index in [1.807, 2.05) is 25.1 Å². The van der Waals surface area contributed by atoms with Gasteiger partial charge in [-0.3, -0.25) is 9.59 Å². The van der Waals surface area contributed by atoms with Gasteiger partial charge < -0.3 is 9.16 Å². The summed E-state index contributed by atoms with van der Waals surface area (Å²) in [6.45, 7) is 13.0. The number of rotatable bonds is 9. The molecule has 0 N–H and O–H groups in total. The summed E-state index contributed by atoms with van der Waals surface area (Å²) in [5, 5.41) is 0.105. The third-order valence-electron chi connectivity index (χ3n) is 6.12. The van der Waals surface area contributed by atoms with Crippen LogP contribution in [0, 0.1) is 5.41 Å². The fourth-order valence-electron chi connectivity index (χ4n) is 2.61. The number of benzene rings is 1. The van der Waals surface area contributed by atoms with Gasteiger partial charge in [0.25, 0.3) is 8.32 Å². The van der Waals surface area contributed by atoms with E-state index in [-0.39, 0.29) is 28.4 Å². The maximum absolute atomic E-state index is 12.1. The predicted molar refractivity (Wildman–Crippen MR) is 111 cm³/mol. The van der Waals surface area contributed by atoms with Crippen molar-refractivity contribution in [3.63, 3.8) is 0 Å². The third kappa shape index (κ3) is 5.44. The van der Waals surface area contributed by atoms with E-state index in [2.05, 4.69) is 33.9 Å². The van der Waals surface area contributed by atoms with Crippen molar-refractivity contribution in [2.45, 2.75) is 77.9 Å². The van der Waals surface area contributed by atoms with Crippen molar-refractivity contribution in [2.24, 2.45) is 5.41 Å². The first-order chi connectivity index (χ1) is 12.4. The molecule has 0 aliphatic heterocycles. The van der Waals surface area contributed by atoms with Gasteiger partial charge in [0.2, 0.25) is 0 Å². The van der Waals surface area contributed by atoms with Crippen LogP contribution in [0.3, 0.4) is 0 Å². The van der Waals surface area contributed by atoms with Crippen molar-refractivity contribution in [2.75, 3.05) is 7.11 Å². The Morgan fingerprint density at radius 2 is 1.78 bits per heavy atom. The summed E-state index contributed by atoms with van der Waals surface area (Å²) in [5.74, 6) is 1.58. The number of hydrogen-bond acceptors (Lipinski definition) is 4. The largest absolute Gasteiger partial charge is 0.541 e. The van der Waals surface area contributed by atoms with Crippen LogP contribution in [0.1, 0.15) is 58.9 Å². The molecule has 1 fully saturated rings. The van der Waals surface area contributed by atoms with Crippen LogP contribution >= 0.6 is 0 Å². The summed E-state index contributed by atoms with van der Waals surface area (Å²) in [6.07, 6.45) is 2.91. The van der Waals surface area contributed by atoms with Gasteiger partial charge in [-0.05, 0) is 55.1 Å². The van der Waals surface area contributed by atoms with Crippen molar-refractivity contribution < 1.29 is 18.8 Å². The fraction of sp³-hybridized carbons (Fsp3) is 0.636. The number of carbonyl (C=O) groups excluding carboxylic acids is 2. The van der Waals surface area contributed by atoms with Crippen molar-refractivity contribution >= 4 is 19.9 Å². The number of Topliss-reactive ketones (excluding diaryl/α,β-unsaturated/α-hetero) is 2. The van der Waals surface area contributed by atoms with E-state index >= 15 is 0 Å². The van der Waals surface area contributed by atoms with E-state index in [1.165, 1.54) is 0 Å². The normalized spacial score (nSPS) is 16.0. The van der Waals surface area contributed by atoms with Crippen LogP contribution in [0.25, 0.3) is 0 Å². The molecule has 5 heteroatoms. The standard InChI is InChI=1S/C22H34O4Si/c1-21(2,3)27(6,7)26-18-11-9-16(14-19(18)25-5)8-10-17(23)15-20(24)22(4)12-13-22/h9,11,14H,8,10,12-13,15H2,1-7H3. The minimum atomic E-state index is -1.95. The highest BCUT2D eigenvalue weighted by Gasteiger charge is 2.44. The molecule has 1 aliphatic carbocycles. The van der Waals surface area contributed by atoms with E-state index in [0.29, 0.717) is 18.6 Å². The molecule has 1 saturated carbocycles. The first-order valence-electron chi connectivity index (χ1n) is 9.79. The van der Waals surface area contributed by atoms with E-state index in [4.69, 9.17) is 9.16 Å². The van der Waals surface area contributed by atoms with Crippen LogP contribution in [0.2, 0.25) is 18.1 Å². The van der Waals surface area contributed by atoms with Crippen LogP contribution in [0.4, 0.5) is 0 Å². The van der Waals surface area contributed by atoms with E-state index in [9.17, 15) is 9.59 Å². The van der Waals surface area contributed by atoms with Gasteiger partial charge in [0, 0.05) is 11.8 Å². The molecule has 0 saturated heterocycles. The quantitative estimate of drug-likeness (QED) is 0.422. The number of ether oxygens (including phenoxy) is 1. The second kappa shape index (κ2) is 7.78. The lowest BCUT2D eigenvalue weighted by Crippen LogP contribution is -2.43. The fourth-order valence-corrected chi connectivity index (χ4v) is 3.64. The molecule has 0 amide bonds. The molecular weight excluding hydrogens is 356 g/mol. The van der Waals surface area contributed by atoms with Crippen molar-refractivity contribution in [1.29, 1.82) is 0 Å². The Morgan fingerprint density at radius 1 is 1.15 bits per heavy atom. The monoisotopic (exact) mass is 390 g/mol. The van der Waals surface area contributed by atoms with Gasteiger partial charge in [-0.1, -0.05) is 33.8 Å². The Hall–Kier alpha value is -1.62. The Labute approximate surface area is 164 Å². The second-order valence-electron chi connectivity index (χ2n) is 9.55. The van der Waals surface area contributed by atoms with E-state index in [1.54, 1.807) is 7.11 Å². The minimum absolute atomic E-state index is 0.0219. The molecule has 2 rings (SSSR count). The Kier molecular flexibility index (Phi) is 6.25. The molecule has 4 nitrogen and oxygen atoms in total. The lowest BCUT2D eigenvalue weighted by Gasteiger charge is -2.36. The molecule has 1 aromatic carbocycles. The highest BCUT2D eigenvalue weighted by atomic mass is 28.4. The zero-order chi connectivity index (χ0) is 20.5. The van der Waals surface area contributed by atoms with Crippen LogP contribution in [0.15, 0.2) is 18.2 Å². The lowest BCUT2D eigenvalue weighted by atomic mass is 9.96. The smallest absolute Gasteiger partial charge is 0.250 e. The summed E-state index contributed by atoms with van der Waals surface area (Å²) >= 11 is 0. The van der Waals surface area contributed by atoms with E-state index in [0.717, 1.165) is 24.2 Å². The van der Waals surface area contributed by atoms with Crippen LogP contribution in [-0.4, -0.2) is 27.0 Å². The molecule has 0 spiro atoms. The Bertz CT molecular complexity index is 712. The summed E-state index contributed by atoms with van der Waals surface area (Å²) in [5.41, 5.74) is 0.801. The molecule has 150 valence electrons. The van der Waals surface area contributed by atoms with Crippen LogP contribution in [-0.2, 0) is 16.0 Å². The zero-order valence-corrected chi connectivity index (χ0v) is 18.9. The topological polar surface area (TPSA) is 52.6 Å². The SMILES string of the molecule is COc1cc(CCC(=O)CC(=O)C2(C)CC2)ccc1O[Si](C)(C)C(C)(C)C. The Morgan fingerprint density at radius 3 is 2.30 bits per heavy atom. The molecule has 0 radical (unpaired) electrons. The van der Waals surface area contributed by atoms with Crippen molar-refractivity contribution in [3.8, 4) is 11.5 Å². The van der Waals surface area contributed by atoms with Gasteiger partial charge in [0.1, 0.15) is 17.3 Å². The lowest BCUT2D eigenvalue weighted by molar-refractivity contribution is -0.129. The summed E-state index contributed by atoms with van der Waals surface area (Å²) in [6, 6.07) is 5.87. The Balaban J connectivity index is 1.99. The molecule has 0 unspecified atom stereocenters. The van der Waals surface area contributed by atoms with Gasteiger partial charge in [-0.2, -0.15) is 0 Å². The number of carbonyl (C=O) groups is 2. The van der Waals surface area contributed by atoms with Crippen molar-refractivity contribution in [3.05, 3.63) is 23.8 Å². The second-order valence-corrected chi connectivity index (χ2v) is 14.3. The maximum Gasteiger partial charge on any atom is 0.250 e. The molecule has 0 atom stereocenters. The average molecular weight is 391 g/mol. The minimum Gasteiger partial charge on any atom is -0.541 e. The third-order valence-corrected chi connectivity index (χ3v) is 10.5. The molecule has 0 aromatic heterocycles. The maximum atomic E-state index is 12.1. The van der Waals surface area contributed by atoms with Gasteiger partial charge in [-0.25, -0.2) is 0 Å². The number of hydrogen-bond donors (Lipinski definition) is 0. The molecule has 0 bridgehead atoms. The number of aryl methyl sites for hydroxylation is 1. The van der Waals surface area contributed by atoms with E-state index < -0.39 is 8.32 Å². The summed E-state index contributed by atoms with van der Waals surface area (Å²) in [4.78, 5) is 24.2.